The Kier molecular flexibility index (Phi) is 10.1. The third-order valence-corrected chi connectivity index (χ3v) is 10.5. The van der Waals surface area contributed by atoms with Gasteiger partial charge in [-0.3, -0.25) is 20.0 Å². The highest BCUT2D eigenvalue weighted by Crippen LogP contribution is 2.47. The SMILES string of the molecule is CC1(c2ccccc2)Cc2cc(OCC(=O)O)c(Cl)c(Cl)c2C1=O.CC1Cc2ccccc2N1NC(=O)c1ccc(Cl)c(S(N)(=O)=O)c1. The van der Waals surface area contributed by atoms with Crippen molar-refractivity contribution in [2.24, 2.45) is 5.14 Å². The second kappa shape index (κ2) is 13.8. The Hall–Kier alpha value is -4.13. The monoisotopic (exact) mass is 729 g/mol. The number of para-hydroxylation sites is 1. The third-order valence-electron chi connectivity index (χ3n) is 8.22. The third kappa shape index (κ3) is 7.01. The van der Waals surface area contributed by atoms with E-state index in [9.17, 15) is 22.8 Å². The van der Waals surface area contributed by atoms with Crippen molar-refractivity contribution in [2.45, 2.75) is 43.0 Å². The fraction of sp³-hybridized carbons (Fsp3) is 0.206. The van der Waals surface area contributed by atoms with E-state index in [1.54, 1.807) is 11.1 Å². The van der Waals surface area contributed by atoms with E-state index in [4.69, 9.17) is 49.8 Å². The molecule has 1 heterocycles. The van der Waals surface area contributed by atoms with Crippen molar-refractivity contribution in [2.75, 3.05) is 11.6 Å². The topological polar surface area (TPSA) is 156 Å². The van der Waals surface area contributed by atoms with E-state index in [2.05, 4.69) is 5.43 Å². The zero-order chi connectivity index (χ0) is 35.0. The molecule has 1 amide bonds. The van der Waals surface area contributed by atoms with Crippen LogP contribution in [-0.2, 0) is 33.1 Å². The van der Waals surface area contributed by atoms with Crippen LogP contribution in [0.4, 0.5) is 5.69 Å². The van der Waals surface area contributed by atoms with E-state index >= 15 is 0 Å². The van der Waals surface area contributed by atoms with Crippen molar-refractivity contribution in [3.63, 3.8) is 0 Å². The van der Waals surface area contributed by atoms with Gasteiger partial charge in [-0.05, 0) is 73.7 Å². The van der Waals surface area contributed by atoms with E-state index < -0.39 is 33.9 Å². The molecule has 14 heteroatoms. The minimum Gasteiger partial charge on any atom is -0.480 e. The number of Topliss-reactive ketones (excluding diaryl/α,β-unsaturated/α-hetero) is 1. The smallest absolute Gasteiger partial charge is 0.341 e. The predicted molar refractivity (Wildman–Crippen MR) is 184 cm³/mol. The molecule has 10 nitrogen and oxygen atoms in total. The molecule has 4 aromatic carbocycles. The van der Waals surface area contributed by atoms with E-state index in [-0.39, 0.29) is 43.1 Å². The van der Waals surface area contributed by atoms with Gasteiger partial charge in [-0.25, -0.2) is 18.4 Å². The highest BCUT2D eigenvalue weighted by Gasteiger charge is 2.45. The number of hydrogen-bond donors (Lipinski definition) is 3. The van der Waals surface area contributed by atoms with Crippen LogP contribution in [0.1, 0.15) is 51.3 Å². The maximum absolute atomic E-state index is 13.0. The number of aliphatic carboxylic acids is 1. The second-order valence-corrected chi connectivity index (χ2v) is 14.3. The molecule has 48 heavy (non-hydrogen) atoms. The maximum Gasteiger partial charge on any atom is 0.341 e. The number of ketones is 1. The Morgan fingerprint density at radius 3 is 2.33 bits per heavy atom. The number of carboxylic acid groups (broad SMARTS) is 1. The number of hydrazine groups is 1. The number of amides is 1. The van der Waals surface area contributed by atoms with Crippen LogP contribution in [0.5, 0.6) is 5.75 Å². The molecule has 4 N–H and O–H groups in total. The number of carbonyl (C=O) groups excluding carboxylic acids is 2. The van der Waals surface area contributed by atoms with E-state index in [0.29, 0.717) is 17.5 Å². The van der Waals surface area contributed by atoms with Crippen molar-refractivity contribution < 1.29 is 32.6 Å². The summed E-state index contributed by atoms with van der Waals surface area (Å²) in [4.78, 5) is 35.9. The fourth-order valence-corrected chi connectivity index (χ4v) is 7.41. The number of carbonyl (C=O) groups is 3. The fourth-order valence-electron chi connectivity index (χ4n) is 5.83. The van der Waals surface area contributed by atoms with Crippen LogP contribution in [0.25, 0.3) is 0 Å². The molecule has 2 unspecified atom stereocenters. The number of fused-ring (bicyclic) bond motifs is 2. The number of nitrogens with two attached hydrogens (primary N) is 1. The Morgan fingerprint density at radius 2 is 1.67 bits per heavy atom. The summed E-state index contributed by atoms with van der Waals surface area (Å²) in [6.45, 7) is 3.34. The normalized spacial score (nSPS) is 18.0. The molecule has 0 saturated heterocycles. The van der Waals surface area contributed by atoms with E-state index in [0.717, 1.165) is 23.2 Å². The van der Waals surface area contributed by atoms with Gasteiger partial charge in [0.2, 0.25) is 10.0 Å². The molecule has 2 aliphatic rings. The van der Waals surface area contributed by atoms with Gasteiger partial charge in [-0.1, -0.05) is 83.3 Å². The van der Waals surface area contributed by atoms with Crippen LogP contribution in [-0.4, -0.2) is 43.8 Å². The van der Waals surface area contributed by atoms with Crippen LogP contribution >= 0.6 is 34.8 Å². The second-order valence-electron chi connectivity index (χ2n) is 11.6. The minimum absolute atomic E-state index is 0.0195. The summed E-state index contributed by atoms with van der Waals surface area (Å²) in [6.07, 6.45) is 1.27. The van der Waals surface area contributed by atoms with Crippen LogP contribution in [0.3, 0.4) is 0 Å². The summed E-state index contributed by atoms with van der Waals surface area (Å²) in [5.41, 5.74) is 6.31. The summed E-state index contributed by atoms with van der Waals surface area (Å²) in [6, 6.07) is 22.9. The number of benzene rings is 4. The van der Waals surface area contributed by atoms with Gasteiger partial charge < -0.3 is 9.84 Å². The number of nitrogens with one attached hydrogen (secondary N) is 1. The van der Waals surface area contributed by atoms with Crippen molar-refractivity contribution in [3.8, 4) is 5.75 Å². The first-order valence-electron chi connectivity index (χ1n) is 14.6. The lowest BCUT2D eigenvalue weighted by atomic mass is 9.79. The highest BCUT2D eigenvalue weighted by molar-refractivity contribution is 7.89. The molecule has 2 atom stereocenters. The number of rotatable bonds is 7. The summed E-state index contributed by atoms with van der Waals surface area (Å²) in [7, 11) is -4.00. The van der Waals surface area contributed by atoms with Crippen molar-refractivity contribution in [1.82, 2.24) is 5.43 Å². The molecule has 1 aliphatic heterocycles. The van der Waals surface area contributed by atoms with Gasteiger partial charge in [0.25, 0.3) is 5.91 Å². The van der Waals surface area contributed by atoms with E-state index in [1.165, 1.54) is 18.2 Å². The number of sulfonamides is 1. The number of primary sulfonamides is 1. The maximum atomic E-state index is 13.0. The van der Waals surface area contributed by atoms with Gasteiger partial charge in [0.15, 0.2) is 12.4 Å². The van der Waals surface area contributed by atoms with Crippen LogP contribution in [0, 0.1) is 0 Å². The lowest BCUT2D eigenvalue weighted by Gasteiger charge is -2.25. The van der Waals surface area contributed by atoms with Gasteiger partial charge in [-0.2, -0.15) is 0 Å². The van der Waals surface area contributed by atoms with Gasteiger partial charge in [0, 0.05) is 11.1 Å². The van der Waals surface area contributed by atoms with Gasteiger partial charge in [0.1, 0.15) is 15.7 Å². The number of halogens is 3. The molecular formula is C34H30Cl3N3O7S. The van der Waals surface area contributed by atoms with Crippen LogP contribution in [0.15, 0.2) is 83.8 Å². The molecular weight excluding hydrogens is 701 g/mol. The zero-order valence-electron chi connectivity index (χ0n) is 25.7. The average molecular weight is 731 g/mol. The largest absolute Gasteiger partial charge is 0.480 e. The Bertz CT molecular complexity index is 2040. The number of carboxylic acids is 1. The molecule has 0 fully saturated rings. The molecule has 0 saturated carbocycles. The predicted octanol–water partition coefficient (Wildman–Crippen LogP) is 6.24. The molecule has 0 aromatic heterocycles. The van der Waals surface area contributed by atoms with Gasteiger partial charge >= 0.3 is 5.97 Å². The first kappa shape index (κ1) is 35.2. The van der Waals surface area contributed by atoms with Crippen molar-refractivity contribution in [3.05, 3.63) is 122 Å². The first-order chi connectivity index (χ1) is 22.6. The van der Waals surface area contributed by atoms with Gasteiger partial charge in [0.05, 0.1) is 27.2 Å². The lowest BCUT2D eigenvalue weighted by molar-refractivity contribution is -0.139. The van der Waals surface area contributed by atoms with Gasteiger partial charge in [-0.15, -0.1) is 0 Å². The van der Waals surface area contributed by atoms with Crippen LogP contribution in [0.2, 0.25) is 15.1 Å². The van der Waals surface area contributed by atoms with E-state index in [1.807, 2.05) is 68.4 Å². The molecule has 4 aromatic rings. The zero-order valence-corrected chi connectivity index (χ0v) is 28.8. The summed E-state index contributed by atoms with van der Waals surface area (Å²) in [5.74, 6) is -1.47. The number of anilines is 1. The Morgan fingerprint density at radius 1 is 1.00 bits per heavy atom. The van der Waals surface area contributed by atoms with Crippen molar-refractivity contribution >= 4 is 68.2 Å². The Balaban J connectivity index is 0.000000188. The minimum atomic E-state index is -4.00. The quantitative estimate of drug-likeness (QED) is 0.202. The lowest BCUT2D eigenvalue weighted by Crippen LogP contribution is -2.45. The highest BCUT2D eigenvalue weighted by atomic mass is 35.5. The number of hydrogen-bond acceptors (Lipinski definition) is 7. The molecule has 1 aliphatic carbocycles. The molecule has 0 bridgehead atoms. The first-order valence-corrected chi connectivity index (χ1v) is 17.3. The average Bonchev–Trinajstić information content (AvgIpc) is 3.50. The molecule has 6 rings (SSSR count). The number of ether oxygens (including phenoxy) is 1. The molecule has 0 spiro atoms. The molecule has 0 radical (unpaired) electrons. The summed E-state index contributed by atoms with van der Waals surface area (Å²) in [5, 5.41) is 15.8. The number of nitrogens with zero attached hydrogens (tertiary/aromatic N) is 1. The summed E-state index contributed by atoms with van der Waals surface area (Å²) >= 11 is 18.3. The van der Waals surface area contributed by atoms with Crippen molar-refractivity contribution in [1.29, 1.82) is 0 Å². The standard InChI is InChI=1S/C18H14Cl2O4.C16H16ClN3O3S/c1-18(11-5-3-2-4-6-11)8-10-7-12(24-9-13(21)22)15(19)16(20)14(10)17(18)23;1-10-8-11-4-2-3-5-14(11)20(10)19-16(21)12-6-7-13(17)15(9-12)24(18,22)23/h2-7H,8-9H2,1H3,(H,21,22);2-7,9-10H,8H2,1H3,(H,19,21)(H2,18,22,23). The van der Waals surface area contributed by atoms with Crippen LogP contribution < -0.4 is 20.3 Å². The Labute approximate surface area is 292 Å². The summed E-state index contributed by atoms with van der Waals surface area (Å²) < 4.78 is 28.3. The molecule has 250 valence electrons.